The second kappa shape index (κ2) is 5.92. The van der Waals surface area contributed by atoms with E-state index in [9.17, 15) is 13.2 Å². The first kappa shape index (κ1) is 15.6. The van der Waals surface area contributed by atoms with Crippen molar-refractivity contribution in [2.75, 3.05) is 5.73 Å². The van der Waals surface area contributed by atoms with Gasteiger partial charge in [-0.1, -0.05) is 13.0 Å². The molecule has 5 N–H and O–H groups in total. The summed E-state index contributed by atoms with van der Waals surface area (Å²) >= 11 is 1.11. The maximum atomic E-state index is 11.6. The number of rotatable bonds is 5. The van der Waals surface area contributed by atoms with Crippen molar-refractivity contribution in [3.8, 4) is 0 Å². The highest BCUT2D eigenvalue weighted by atomic mass is 32.2. The van der Waals surface area contributed by atoms with Gasteiger partial charge in [0.15, 0.2) is 5.16 Å². The lowest BCUT2D eigenvalue weighted by Gasteiger charge is -2.09. The van der Waals surface area contributed by atoms with Gasteiger partial charge >= 0.3 is 5.69 Å². The normalized spacial score (nSPS) is 11.7. The SMILES string of the molecule is CCCn1c(Sc2cccc(S(N)(=O)=O)c2N)n[nH]c1=O. The molecule has 0 unspecified atom stereocenters. The minimum Gasteiger partial charge on any atom is -0.397 e. The zero-order valence-corrected chi connectivity index (χ0v) is 12.9. The Kier molecular flexibility index (Phi) is 4.40. The molecular formula is C11H15N5O3S2. The number of nitrogen functional groups attached to an aromatic ring is 1. The van der Waals surface area contributed by atoms with E-state index in [1.165, 1.54) is 16.7 Å². The van der Waals surface area contributed by atoms with E-state index in [4.69, 9.17) is 10.9 Å². The molecule has 10 heteroatoms. The molecule has 21 heavy (non-hydrogen) atoms. The average molecular weight is 329 g/mol. The summed E-state index contributed by atoms with van der Waals surface area (Å²) in [6.07, 6.45) is 0.764. The van der Waals surface area contributed by atoms with Crippen LogP contribution in [0.5, 0.6) is 0 Å². The minimum atomic E-state index is -3.90. The molecule has 0 saturated heterocycles. The number of aromatic nitrogens is 3. The van der Waals surface area contributed by atoms with Crippen molar-refractivity contribution in [2.24, 2.45) is 5.14 Å². The number of sulfonamides is 1. The van der Waals surface area contributed by atoms with Gasteiger partial charge in [-0.25, -0.2) is 23.4 Å². The van der Waals surface area contributed by atoms with Gasteiger partial charge < -0.3 is 5.73 Å². The van der Waals surface area contributed by atoms with Gasteiger partial charge in [-0.15, -0.1) is 5.10 Å². The van der Waals surface area contributed by atoms with Crippen LogP contribution in [-0.4, -0.2) is 23.2 Å². The van der Waals surface area contributed by atoms with Crippen molar-refractivity contribution in [3.05, 3.63) is 28.7 Å². The average Bonchev–Trinajstić information content (AvgIpc) is 2.73. The number of H-pyrrole nitrogens is 1. The van der Waals surface area contributed by atoms with Gasteiger partial charge in [-0.3, -0.25) is 4.57 Å². The number of benzene rings is 1. The molecule has 1 heterocycles. The van der Waals surface area contributed by atoms with E-state index >= 15 is 0 Å². The van der Waals surface area contributed by atoms with Crippen molar-refractivity contribution >= 4 is 27.5 Å². The molecule has 0 aliphatic heterocycles. The summed E-state index contributed by atoms with van der Waals surface area (Å²) < 4.78 is 24.4. The van der Waals surface area contributed by atoms with Crippen LogP contribution in [0.25, 0.3) is 0 Å². The summed E-state index contributed by atoms with van der Waals surface area (Å²) in [4.78, 5) is 11.9. The third kappa shape index (κ3) is 3.28. The second-order valence-electron chi connectivity index (χ2n) is 4.28. The molecule has 0 aliphatic carbocycles. The van der Waals surface area contributed by atoms with E-state index in [0.29, 0.717) is 16.6 Å². The van der Waals surface area contributed by atoms with Crippen molar-refractivity contribution in [3.63, 3.8) is 0 Å². The molecule has 0 aliphatic rings. The molecule has 114 valence electrons. The van der Waals surface area contributed by atoms with Gasteiger partial charge in [0, 0.05) is 11.4 Å². The molecule has 0 amide bonds. The smallest absolute Gasteiger partial charge is 0.343 e. The Hall–Kier alpha value is -1.78. The van der Waals surface area contributed by atoms with E-state index in [0.717, 1.165) is 18.2 Å². The highest BCUT2D eigenvalue weighted by Crippen LogP contribution is 2.33. The highest BCUT2D eigenvalue weighted by molar-refractivity contribution is 7.99. The molecular weight excluding hydrogens is 314 g/mol. The predicted octanol–water partition coefficient (Wildman–Crippen LogP) is 0.362. The fourth-order valence-electron chi connectivity index (χ4n) is 1.76. The molecule has 2 aromatic rings. The topological polar surface area (TPSA) is 137 Å². The van der Waals surface area contributed by atoms with Gasteiger partial charge in [0.05, 0.1) is 5.69 Å². The first-order valence-corrected chi connectivity index (χ1v) is 8.45. The zero-order chi connectivity index (χ0) is 15.6. The zero-order valence-electron chi connectivity index (χ0n) is 11.2. The molecule has 0 radical (unpaired) electrons. The molecule has 0 atom stereocenters. The van der Waals surface area contributed by atoms with Crippen LogP contribution in [0.4, 0.5) is 5.69 Å². The van der Waals surface area contributed by atoms with Crippen LogP contribution in [0.1, 0.15) is 13.3 Å². The van der Waals surface area contributed by atoms with Gasteiger partial charge in [0.1, 0.15) is 4.90 Å². The number of nitrogens with zero attached hydrogens (tertiary/aromatic N) is 2. The molecule has 0 fully saturated rings. The summed E-state index contributed by atoms with van der Waals surface area (Å²) in [5.41, 5.74) is 5.57. The molecule has 1 aromatic carbocycles. The number of primary sulfonamides is 1. The maximum Gasteiger partial charge on any atom is 0.343 e. The molecule has 8 nitrogen and oxygen atoms in total. The Morgan fingerprint density at radius 3 is 2.76 bits per heavy atom. The number of hydrogen-bond donors (Lipinski definition) is 3. The van der Waals surface area contributed by atoms with E-state index in [1.807, 2.05) is 6.92 Å². The van der Waals surface area contributed by atoms with Crippen molar-refractivity contribution in [1.82, 2.24) is 14.8 Å². The number of hydrogen-bond acceptors (Lipinski definition) is 6. The molecule has 2 rings (SSSR count). The number of nitrogens with one attached hydrogen (secondary N) is 1. The van der Waals surface area contributed by atoms with Crippen molar-refractivity contribution < 1.29 is 8.42 Å². The van der Waals surface area contributed by atoms with Crippen LogP contribution in [-0.2, 0) is 16.6 Å². The van der Waals surface area contributed by atoms with Gasteiger partial charge in [-0.2, -0.15) is 0 Å². The van der Waals surface area contributed by atoms with E-state index in [2.05, 4.69) is 10.2 Å². The standard InChI is InChI=1S/C11H15N5O3S2/c1-2-6-16-10(17)14-15-11(16)20-7-4-3-5-8(9(7)12)21(13,18)19/h3-5H,2,6,12H2,1H3,(H,14,17)(H2,13,18,19). The van der Waals surface area contributed by atoms with E-state index in [1.54, 1.807) is 6.07 Å². The van der Waals surface area contributed by atoms with E-state index < -0.39 is 10.0 Å². The van der Waals surface area contributed by atoms with Crippen LogP contribution in [0.3, 0.4) is 0 Å². The third-order valence-corrected chi connectivity index (χ3v) is 4.74. The summed E-state index contributed by atoms with van der Waals surface area (Å²) in [6.45, 7) is 2.44. The van der Waals surface area contributed by atoms with Crippen LogP contribution in [0, 0.1) is 0 Å². The monoisotopic (exact) mass is 329 g/mol. The Morgan fingerprint density at radius 2 is 2.14 bits per heavy atom. The van der Waals surface area contributed by atoms with Crippen LogP contribution >= 0.6 is 11.8 Å². The fraction of sp³-hybridized carbons (Fsp3) is 0.273. The quantitative estimate of drug-likeness (QED) is 0.677. The van der Waals surface area contributed by atoms with Crippen molar-refractivity contribution in [1.29, 1.82) is 0 Å². The maximum absolute atomic E-state index is 11.6. The Balaban J connectivity index is 2.44. The van der Waals surface area contributed by atoms with Crippen LogP contribution in [0.15, 0.2) is 37.9 Å². The summed E-state index contributed by atoms with van der Waals surface area (Å²) in [6, 6.07) is 4.51. The lowest BCUT2D eigenvalue weighted by atomic mass is 10.3. The number of nitrogens with two attached hydrogens (primary N) is 2. The Labute approximate surface area is 125 Å². The summed E-state index contributed by atoms with van der Waals surface area (Å²) in [7, 11) is -3.90. The highest BCUT2D eigenvalue weighted by Gasteiger charge is 2.17. The number of para-hydroxylation sites is 1. The molecule has 0 bridgehead atoms. The number of aromatic amines is 1. The van der Waals surface area contributed by atoms with Crippen LogP contribution in [0.2, 0.25) is 0 Å². The molecule has 0 saturated carbocycles. The molecule has 0 spiro atoms. The Bertz CT molecular complexity index is 810. The fourth-order valence-corrected chi connectivity index (χ4v) is 3.45. The lowest BCUT2D eigenvalue weighted by Crippen LogP contribution is -2.17. The largest absolute Gasteiger partial charge is 0.397 e. The Morgan fingerprint density at radius 1 is 1.43 bits per heavy atom. The molecule has 1 aromatic heterocycles. The van der Waals surface area contributed by atoms with Gasteiger partial charge in [0.25, 0.3) is 0 Å². The third-order valence-electron chi connectivity index (χ3n) is 2.70. The van der Waals surface area contributed by atoms with Crippen LogP contribution < -0.4 is 16.6 Å². The summed E-state index contributed by atoms with van der Waals surface area (Å²) in [5.74, 6) is 0. The number of anilines is 1. The minimum absolute atomic E-state index is 0.0449. The van der Waals surface area contributed by atoms with Gasteiger partial charge in [0.2, 0.25) is 10.0 Å². The van der Waals surface area contributed by atoms with E-state index in [-0.39, 0.29) is 16.3 Å². The lowest BCUT2D eigenvalue weighted by molar-refractivity contribution is 0.598. The second-order valence-corrected chi connectivity index (χ2v) is 6.82. The first-order valence-electron chi connectivity index (χ1n) is 6.09. The van der Waals surface area contributed by atoms with Crippen molar-refractivity contribution in [2.45, 2.75) is 34.8 Å². The van der Waals surface area contributed by atoms with Gasteiger partial charge in [-0.05, 0) is 30.3 Å². The summed E-state index contributed by atoms with van der Waals surface area (Å²) in [5, 5.41) is 11.8. The first-order chi connectivity index (χ1) is 9.84. The predicted molar refractivity (Wildman–Crippen MR) is 79.5 cm³/mol.